The van der Waals surface area contributed by atoms with E-state index in [1.54, 1.807) is 18.4 Å². The fraction of sp³-hybridized carbons (Fsp3) is 0.393. The van der Waals surface area contributed by atoms with E-state index >= 15 is 0 Å². The molecule has 6 rings (SSSR count). The van der Waals surface area contributed by atoms with E-state index in [0.717, 1.165) is 33.8 Å². The Kier molecular flexibility index (Phi) is 6.03. The molecule has 2 aliphatic heterocycles. The number of rotatable bonds is 5. The second-order valence-corrected chi connectivity index (χ2v) is 11.3. The summed E-state index contributed by atoms with van der Waals surface area (Å²) in [6.07, 6.45) is 1.97. The SMILES string of the molecule is COc1cc2c(cc1-c1ccn(C(C)C)n1)-c1c(c(C(=O)N3CCOCC3(C)C)nn1-c1ccsc1)CO2. The molecule has 2 aliphatic rings. The Labute approximate surface area is 225 Å². The smallest absolute Gasteiger partial charge is 0.275 e. The number of morpholine rings is 1. The first-order chi connectivity index (χ1) is 18.3. The summed E-state index contributed by atoms with van der Waals surface area (Å²) in [7, 11) is 1.65. The first-order valence-corrected chi connectivity index (χ1v) is 13.7. The number of hydrogen-bond donors (Lipinski definition) is 0. The first-order valence-electron chi connectivity index (χ1n) is 12.7. The lowest BCUT2D eigenvalue weighted by molar-refractivity contribution is -0.0374. The highest BCUT2D eigenvalue weighted by molar-refractivity contribution is 7.08. The monoisotopic (exact) mass is 533 g/mol. The molecular formula is C28H31N5O4S. The van der Waals surface area contributed by atoms with E-state index in [2.05, 4.69) is 13.8 Å². The van der Waals surface area contributed by atoms with Gasteiger partial charge in [0.25, 0.3) is 5.91 Å². The van der Waals surface area contributed by atoms with E-state index in [0.29, 0.717) is 37.0 Å². The highest BCUT2D eigenvalue weighted by Crippen LogP contribution is 2.46. The lowest BCUT2D eigenvalue weighted by Gasteiger charge is -2.41. The molecular weight excluding hydrogens is 502 g/mol. The van der Waals surface area contributed by atoms with Gasteiger partial charge in [0.1, 0.15) is 18.1 Å². The van der Waals surface area contributed by atoms with Crippen molar-refractivity contribution in [1.82, 2.24) is 24.5 Å². The lowest BCUT2D eigenvalue weighted by Crippen LogP contribution is -2.55. The van der Waals surface area contributed by atoms with Gasteiger partial charge in [-0.3, -0.25) is 9.48 Å². The molecule has 0 saturated carbocycles. The number of carbonyl (C=O) groups excluding carboxylic acids is 1. The maximum atomic E-state index is 13.9. The maximum absolute atomic E-state index is 13.9. The van der Waals surface area contributed by atoms with E-state index in [-0.39, 0.29) is 18.6 Å². The van der Waals surface area contributed by atoms with Crippen LogP contribution in [0.5, 0.6) is 11.5 Å². The molecule has 5 heterocycles. The summed E-state index contributed by atoms with van der Waals surface area (Å²) in [6.45, 7) is 9.97. The van der Waals surface area contributed by atoms with E-state index in [1.165, 1.54) is 0 Å². The lowest BCUT2D eigenvalue weighted by atomic mass is 9.97. The molecule has 0 unspecified atom stereocenters. The van der Waals surface area contributed by atoms with Crippen LogP contribution >= 0.6 is 11.3 Å². The Balaban J connectivity index is 1.53. The predicted molar refractivity (Wildman–Crippen MR) is 145 cm³/mol. The summed E-state index contributed by atoms with van der Waals surface area (Å²) in [5, 5.41) is 13.7. The molecule has 0 aliphatic carbocycles. The van der Waals surface area contributed by atoms with Gasteiger partial charge in [0.15, 0.2) is 5.69 Å². The Morgan fingerprint density at radius 3 is 2.71 bits per heavy atom. The molecule has 0 radical (unpaired) electrons. The Morgan fingerprint density at radius 2 is 2.03 bits per heavy atom. The number of thiophene rings is 1. The minimum absolute atomic E-state index is 0.111. The molecule has 3 aromatic heterocycles. The van der Waals surface area contributed by atoms with Gasteiger partial charge < -0.3 is 19.1 Å². The van der Waals surface area contributed by atoms with Gasteiger partial charge in [0.2, 0.25) is 0 Å². The molecule has 9 nitrogen and oxygen atoms in total. The second-order valence-electron chi connectivity index (χ2n) is 10.5. The molecule has 1 saturated heterocycles. The Hall–Kier alpha value is -3.63. The van der Waals surface area contributed by atoms with Crippen LogP contribution in [0, 0.1) is 0 Å². The molecule has 1 amide bonds. The van der Waals surface area contributed by atoms with Crippen LogP contribution in [0.1, 0.15) is 49.8 Å². The molecule has 0 bridgehead atoms. The van der Waals surface area contributed by atoms with Crippen molar-refractivity contribution in [1.29, 1.82) is 0 Å². The summed E-state index contributed by atoms with van der Waals surface area (Å²) in [5.74, 6) is 1.25. The molecule has 10 heteroatoms. The first kappa shape index (κ1) is 24.7. The molecule has 0 atom stereocenters. The van der Waals surface area contributed by atoms with Gasteiger partial charge in [-0.25, -0.2) is 4.68 Å². The van der Waals surface area contributed by atoms with Crippen molar-refractivity contribution >= 4 is 17.2 Å². The normalized spacial score (nSPS) is 16.2. The van der Waals surface area contributed by atoms with Crippen molar-refractivity contribution in [2.24, 2.45) is 0 Å². The van der Waals surface area contributed by atoms with Gasteiger partial charge in [-0.05, 0) is 51.3 Å². The van der Waals surface area contributed by atoms with E-state index in [4.69, 9.17) is 24.4 Å². The third-order valence-corrected chi connectivity index (χ3v) is 7.84. The largest absolute Gasteiger partial charge is 0.496 e. The fourth-order valence-corrected chi connectivity index (χ4v) is 5.73. The average molecular weight is 534 g/mol. The minimum Gasteiger partial charge on any atom is -0.496 e. The van der Waals surface area contributed by atoms with Crippen molar-refractivity contribution in [3.8, 4) is 39.7 Å². The van der Waals surface area contributed by atoms with E-state index < -0.39 is 5.54 Å². The highest BCUT2D eigenvalue weighted by Gasteiger charge is 2.39. The number of benzene rings is 1. The van der Waals surface area contributed by atoms with Gasteiger partial charge in [-0.1, -0.05) is 0 Å². The molecule has 0 spiro atoms. The van der Waals surface area contributed by atoms with Gasteiger partial charge in [0.05, 0.1) is 42.9 Å². The van der Waals surface area contributed by atoms with Crippen LogP contribution in [0.25, 0.3) is 28.2 Å². The number of fused-ring (bicyclic) bond motifs is 3. The Bertz CT molecular complexity index is 1500. The van der Waals surface area contributed by atoms with Crippen LogP contribution < -0.4 is 9.47 Å². The quantitative estimate of drug-likeness (QED) is 0.351. The van der Waals surface area contributed by atoms with Gasteiger partial charge in [-0.15, -0.1) is 0 Å². The van der Waals surface area contributed by atoms with Crippen LogP contribution in [0.2, 0.25) is 0 Å². The molecule has 4 aromatic rings. The maximum Gasteiger partial charge on any atom is 0.275 e. The molecule has 1 fully saturated rings. The van der Waals surface area contributed by atoms with Crippen LogP contribution in [-0.4, -0.2) is 62.8 Å². The summed E-state index contributed by atoms with van der Waals surface area (Å²) in [4.78, 5) is 15.8. The van der Waals surface area contributed by atoms with Crippen LogP contribution in [-0.2, 0) is 11.3 Å². The minimum atomic E-state index is -0.433. The second kappa shape index (κ2) is 9.28. The van der Waals surface area contributed by atoms with Crippen molar-refractivity contribution in [2.75, 3.05) is 26.9 Å². The average Bonchev–Trinajstić information content (AvgIpc) is 3.67. The zero-order valence-corrected chi connectivity index (χ0v) is 23.0. The zero-order valence-electron chi connectivity index (χ0n) is 22.2. The van der Waals surface area contributed by atoms with E-state index in [1.807, 2.05) is 69.3 Å². The summed E-state index contributed by atoms with van der Waals surface area (Å²) in [6, 6.07) is 8.17. The van der Waals surface area contributed by atoms with Gasteiger partial charge in [-0.2, -0.15) is 21.5 Å². The van der Waals surface area contributed by atoms with Crippen molar-refractivity contribution in [2.45, 2.75) is 45.9 Å². The third-order valence-electron chi connectivity index (χ3n) is 7.17. The fourth-order valence-electron chi connectivity index (χ4n) is 5.12. The zero-order chi connectivity index (χ0) is 26.6. The summed E-state index contributed by atoms with van der Waals surface area (Å²) < 4.78 is 21.4. The van der Waals surface area contributed by atoms with Crippen LogP contribution in [0.4, 0.5) is 0 Å². The van der Waals surface area contributed by atoms with Crippen molar-refractivity contribution < 1.29 is 19.0 Å². The van der Waals surface area contributed by atoms with E-state index in [9.17, 15) is 4.79 Å². The molecule has 198 valence electrons. The summed E-state index contributed by atoms with van der Waals surface area (Å²) in [5.41, 5.74) is 5.01. The third kappa shape index (κ3) is 3.99. The topological polar surface area (TPSA) is 83.6 Å². The molecule has 1 aromatic carbocycles. The summed E-state index contributed by atoms with van der Waals surface area (Å²) >= 11 is 1.59. The number of ether oxygens (including phenoxy) is 3. The number of amides is 1. The van der Waals surface area contributed by atoms with Crippen molar-refractivity contribution in [3.63, 3.8) is 0 Å². The number of carbonyl (C=O) groups is 1. The highest BCUT2D eigenvalue weighted by atomic mass is 32.1. The van der Waals surface area contributed by atoms with Gasteiger partial charge in [0, 0.05) is 46.9 Å². The van der Waals surface area contributed by atoms with Crippen LogP contribution in [0.15, 0.2) is 41.2 Å². The standard InChI is InChI=1S/C28H31N5O4S/c1-17(2)32-8-6-22(29-32)19-12-20-24(13-23(19)35-5)37-14-21-25(27(34)31-9-10-36-16-28(31,3)4)30-33(26(20)21)18-7-11-38-15-18/h6-8,11-13,15,17H,9-10,14,16H2,1-5H3. The number of aromatic nitrogens is 4. The molecule has 0 N–H and O–H groups in total. The number of methoxy groups -OCH3 is 1. The Morgan fingerprint density at radius 1 is 1.18 bits per heavy atom. The van der Waals surface area contributed by atoms with Gasteiger partial charge >= 0.3 is 0 Å². The molecule has 38 heavy (non-hydrogen) atoms. The van der Waals surface area contributed by atoms with Crippen molar-refractivity contribution in [3.05, 3.63) is 52.5 Å². The van der Waals surface area contributed by atoms with Crippen LogP contribution in [0.3, 0.4) is 0 Å². The predicted octanol–water partition coefficient (Wildman–Crippen LogP) is 5.20. The number of nitrogens with zero attached hydrogens (tertiary/aromatic N) is 5. The number of hydrogen-bond acceptors (Lipinski definition) is 7.